The van der Waals surface area contributed by atoms with Crippen molar-refractivity contribution < 1.29 is 27.5 Å². The van der Waals surface area contributed by atoms with E-state index in [1.54, 1.807) is 17.0 Å². The van der Waals surface area contributed by atoms with E-state index < -0.39 is 24.0 Å². The molecule has 3 aliphatic heterocycles. The van der Waals surface area contributed by atoms with E-state index in [0.717, 1.165) is 5.82 Å². The maximum absolute atomic E-state index is 13.3. The number of carbonyl (C=O) groups is 2. The van der Waals surface area contributed by atoms with Crippen molar-refractivity contribution in [1.29, 1.82) is 5.26 Å². The molecule has 2 amide bonds. The highest BCUT2D eigenvalue weighted by Crippen LogP contribution is 2.30. The predicted molar refractivity (Wildman–Crippen MR) is 118 cm³/mol. The van der Waals surface area contributed by atoms with Gasteiger partial charge in [-0.1, -0.05) is 0 Å². The molecule has 3 N–H and O–H groups in total. The summed E-state index contributed by atoms with van der Waals surface area (Å²) in [5, 5.41) is 11.7. The molecule has 0 radical (unpaired) electrons. The van der Waals surface area contributed by atoms with Crippen molar-refractivity contribution in [2.45, 2.75) is 43.7 Å². The fourth-order valence-electron chi connectivity index (χ4n) is 4.70. The second-order valence-electron chi connectivity index (χ2n) is 8.95. The smallest absolute Gasteiger partial charge is 0.373 e. The molecule has 4 atom stereocenters. The van der Waals surface area contributed by atoms with Crippen LogP contribution in [0, 0.1) is 17.2 Å². The molecule has 4 rings (SSSR count). The topological polar surface area (TPSA) is 123 Å². The standard InChI is InChI=1S/C22H28F3N7O3/c23-22(24,25)20-17(13-29-30-21(20)34)27-12-16-3-2-15(35-16)9-19(33)32-7-5-31(6-8-32)18-4-1-14(10-26)11-28-18/h1,4,11,15-17,20,27,29H,2-3,5-9,12-13H2,(H,30,34)/t15-,16-,17?,20?/m0/s1. The number of alkyl halides is 3. The predicted octanol–water partition coefficient (Wildman–Crippen LogP) is 0.311. The number of nitrogens with zero attached hydrogens (tertiary/aromatic N) is 4. The fraction of sp³-hybridized carbons (Fsp3) is 0.636. The summed E-state index contributed by atoms with van der Waals surface area (Å²) in [5.74, 6) is -2.47. The summed E-state index contributed by atoms with van der Waals surface area (Å²) in [6.07, 6.45) is -2.20. The van der Waals surface area contributed by atoms with Crippen LogP contribution < -0.4 is 21.1 Å². The van der Waals surface area contributed by atoms with Gasteiger partial charge in [0.2, 0.25) is 11.8 Å². The van der Waals surface area contributed by atoms with Gasteiger partial charge < -0.3 is 19.9 Å². The quantitative estimate of drug-likeness (QED) is 0.516. The molecule has 13 heteroatoms. The molecule has 0 aromatic carbocycles. The van der Waals surface area contributed by atoms with Crippen LogP contribution in [0.1, 0.15) is 24.8 Å². The summed E-state index contributed by atoms with van der Waals surface area (Å²) in [7, 11) is 0. The molecule has 1 aromatic rings. The van der Waals surface area contributed by atoms with Crippen molar-refractivity contribution in [3.05, 3.63) is 23.9 Å². The van der Waals surface area contributed by atoms with Crippen LogP contribution in [0.2, 0.25) is 0 Å². The molecule has 10 nitrogen and oxygen atoms in total. The monoisotopic (exact) mass is 495 g/mol. The van der Waals surface area contributed by atoms with E-state index in [-0.39, 0.29) is 37.6 Å². The first-order valence-electron chi connectivity index (χ1n) is 11.6. The van der Waals surface area contributed by atoms with Crippen LogP contribution in [-0.4, -0.2) is 85.4 Å². The third-order valence-electron chi connectivity index (χ3n) is 6.61. The lowest BCUT2D eigenvalue weighted by Crippen LogP contribution is -2.64. The van der Waals surface area contributed by atoms with Gasteiger partial charge in [0.25, 0.3) is 0 Å². The van der Waals surface area contributed by atoms with E-state index in [4.69, 9.17) is 10.00 Å². The minimum atomic E-state index is -4.64. The minimum absolute atomic E-state index is 0.0127. The Morgan fingerprint density at radius 1 is 1.23 bits per heavy atom. The number of aromatic nitrogens is 1. The van der Waals surface area contributed by atoms with Crippen molar-refractivity contribution >= 4 is 17.6 Å². The Morgan fingerprint density at radius 2 is 1.97 bits per heavy atom. The Bertz CT molecular complexity index is 945. The summed E-state index contributed by atoms with van der Waals surface area (Å²) < 4.78 is 45.7. The Kier molecular flexibility index (Phi) is 7.73. The summed E-state index contributed by atoms with van der Waals surface area (Å²) in [6.45, 7) is 2.49. The summed E-state index contributed by atoms with van der Waals surface area (Å²) in [4.78, 5) is 32.6. The Hall–Kier alpha value is -2.95. The molecule has 35 heavy (non-hydrogen) atoms. The zero-order valence-electron chi connectivity index (χ0n) is 19.1. The zero-order chi connectivity index (χ0) is 25.0. The Labute approximate surface area is 200 Å². The molecule has 0 spiro atoms. The number of amides is 2. The van der Waals surface area contributed by atoms with E-state index in [2.05, 4.69) is 20.6 Å². The van der Waals surface area contributed by atoms with E-state index in [1.807, 2.05) is 11.5 Å². The summed E-state index contributed by atoms with van der Waals surface area (Å²) in [6, 6.07) is 4.46. The molecule has 4 heterocycles. The molecule has 190 valence electrons. The van der Waals surface area contributed by atoms with Crippen molar-refractivity contribution in [3.8, 4) is 6.07 Å². The first-order chi connectivity index (χ1) is 16.7. The van der Waals surface area contributed by atoms with Gasteiger partial charge in [-0.25, -0.2) is 10.4 Å². The highest BCUT2D eigenvalue weighted by atomic mass is 19.4. The molecule has 0 aliphatic carbocycles. The van der Waals surface area contributed by atoms with Gasteiger partial charge in [0.1, 0.15) is 11.9 Å². The SMILES string of the molecule is N#Cc1ccc(N2CCN(C(=O)C[C@@H]3CC[C@@H](CNC4CNNC(=O)C4C(F)(F)F)O3)CC2)nc1. The largest absolute Gasteiger partial charge is 0.402 e. The molecule has 0 saturated carbocycles. The minimum Gasteiger partial charge on any atom is -0.373 e. The zero-order valence-corrected chi connectivity index (χ0v) is 19.1. The summed E-state index contributed by atoms with van der Waals surface area (Å²) in [5.41, 5.74) is 5.01. The van der Waals surface area contributed by atoms with Gasteiger partial charge in [0, 0.05) is 51.5 Å². The van der Waals surface area contributed by atoms with Crippen molar-refractivity contribution in [2.24, 2.45) is 5.92 Å². The van der Waals surface area contributed by atoms with Crippen molar-refractivity contribution in [3.63, 3.8) is 0 Å². The number of pyridine rings is 1. The van der Waals surface area contributed by atoms with E-state index in [1.165, 1.54) is 6.20 Å². The molecular weight excluding hydrogens is 467 g/mol. The van der Waals surface area contributed by atoms with Gasteiger partial charge in [0.05, 0.1) is 24.2 Å². The van der Waals surface area contributed by atoms with Crippen molar-refractivity contribution in [2.75, 3.05) is 44.2 Å². The number of hydrazine groups is 1. The molecule has 3 aliphatic rings. The van der Waals surface area contributed by atoms with E-state index in [0.29, 0.717) is 44.6 Å². The van der Waals surface area contributed by atoms with E-state index >= 15 is 0 Å². The molecule has 3 saturated heterocycles. The van der Waals surface area contributed by atoms with Crippen molar-refractivity contribution in [1.82, 2.24) is 26.1 Å². The van der Waals surface area contributed by atoms with Gasteiger partial charge >= 0.3 is 6.18 Å². The summed E-state index contributed by atoms with van der Waals surface area (Å²) >= 11 is 0. The van der Waals surface area contributed by atoms with Gasteiger partial charge in [-0.05, 0) is 25.0 Å². The highest BCUT2D eigenvalue weighted by molar-refractivity contribution is 5.80. The number of ether oxygens (including phenoxy) is 1. The Morgan fingerprint density at radius 3 is 2.63 bits per heavy atom. The lowest BCUT2D eigenvalue weighted by molar-refractivity contribution is -0.193. The lowest BCUT2D eigenvalue weighted by Gasteiger charge is -2.36. The Balaban J connectivity index is 1.19. The number of carbonyl (C=O) groups excluding carboxylic acids is 2. The first-order valence-corrected chi connectivity index (χ1v) is 11.6. The molecule has 3 fully saturated rings. The number of rotatable bonds is 6. The number of nitrogens with one attached hydrogen (secondary N) is 3. The van der Waals surface area contributed by atoms with Gasteiger partial charge in [-0.3, -0.25) is 15.0 Å². The maximum Gasteiger partial charge on any atom is 0.402 e. The van der Waals surface area contributed by atoms with Gasteiger partial charge in [0.15, 0.2) is 5.92 Å². The lowest BCUT2D eigenvalue weighted by atomic mass is 9.96. The van der Waals surface area contributed by atoms with Crippen LogP contribution in [0.3, 0.4) is 0 Å². The third-order valence-corrected chi connectivity index (χ3v) is 6.61. The second-order valence-corrected chi connectivity index (χ2v) is 8.95. The fourth-order valence-corrected chi connectivity index (χ4v) is 4.70. The number of nitriles is 1. The average Bonchev–Trinajstić information content (AvgIpc) is 3.29. The molecule has 2 unspecified atom stereocenters. The normalized spacial score (nSPS) is 27.4. The van der Waals surface area contributed by atoms with Crippen LogP contribution in [0.5, 0.6) is 0 Å². The number of hydrogen-bond donors (Lipinski definition) is 3. The van der Waals surface area contributed by atoms with Crippen LogP contribution in [0.25, 0.3) is 0 Å². The molecule has 1 aromatic heterocycles. The average molecular weight is 496 g/mol. The van der Waals surface area contributed by atoms with Crippen LogP contribution >= 0.6 is 0 Å². The molecule has 0 bridgehead atoms. The van der Waals surface area contributed by atoms with E-state index in [9.17, 15) is 22.8 Å². The third kappa shape index (κ3) is 6.19. The first kappa shape index (κ1) is 25.2. The second kappa shape index (κ2) is 10.8. The number of anilines is 1. The number of hydrogen-bond acceptors (Lipinski definition) is 8. The number of piperazine rings is 1. The number of halogens is 3. The van der Waals surface area contributed by atoms with Crippen LogP contribution in [0.15, 0.2) is 18.3 Å². The van der Waals surface area contributed by atoms with Gasteiger partial charge in [-0.2, -0.15) is 18.4 Å². The highest BCUT2D eigenvalue weighted by Gasteiger charge is 2.51. The van der Waals surface area contributed by atoms with Crippen LogP contribution in [0.4, 0.5) is 19.0 Å². The molecular formula is C22H28F3N7O3. The maximum atomic E-state index is 13.3. The van der Waals surface area contributed by atoms with Gasteiger partial charge in [-0.15, -0.1) is 0 Å². The van der Waals surface area contributed by atoms with Crippen LogP contribution in [-0.2, 0) is 14.3 Å².